The highest BCUT2D eigenvalue weighted by Crippen LogP contribution is 2.39. The topological polar surface area (TPSA) is 35.9 Å². The van der Waals surface area contributed by atoms with Gasteiger partial charge in [0.2, 0.25) is 6.08 Å². The molecule has 0 saturated carbocycles. The lowest BCUT2D eigenvalue weighted by atomic mass is 9.81. The van der Waals surface area contributed by atoms with Crippen LogP contribution < -0.4 is 0 Å². The predicted molar refractivity (Wildman–Crippen MR) is 104 cm³/mol. The summed E-state index contributed by atoms with van der Waals surface area (Å²) in [6.45, 7) is 22.6. The summed E-state index contributed by atoms with van der Waals surface area (Å²) in [5.74, 6) is 0. The van der Waals surface area contributed by atoms with Crippen LogP contribution in [0.3, 0.4) is 0 Å². The van der Waals surface area contributed by atoms with E-state index in [-0.39, 0.29) is 21.9 Å². The molecule has 0 radical (unpaired) electrons. The Morgan fingerprint density at radius 1 is 0.792 bits per heavy atom. The molecule has 1 rings (SSSR count). The van der Waals surface area contributed by atoms with Gasteiger partial charge in [-0.05, 0) is 51.4 Å². The summed E-state index contributed by atoms with van der Waals surface area (Å²) < 4.78 is 8.98. The Morgan fingerprint density at radius 2 is 1.12 bits per heavy atom. The maximum absolute atomic E-state index is 11.1. The average molecular weight is 352 g/mol. The number of rotatable bonds is 5. The van der Waals surface area contributed by atoms with Crippen LogP contribution in [-0.4, -0.2) is 35.6 Å². The van der Waals surface area contributed by atoms with Crippen molar-refractivity contribution in [2.45, 2.75) is 93.2 Å². The Hall–Kier alpha value is -1.06. The van der Waals surface area contributed by atoms with E-state index < -0.39 is 9.28 Å². The molecule has 0 spiro atoms. The van der Waals surface area contributed by atoms with Crippen molar-refractivity contribution in [3.8, 4) is 0 Å². The van der Waals surface area contributed by atoms with Gasteiger partial charge in [0.15, 0.2) is 0 Å². The summed E-state index contributed by atoms with van der Waals surface area (Å²) in [6, 6.07) is 0. The van der Waals surface area contributed by atoms with Crippen molar-refractivity contribution < 1.29 is 4.79 Å². The van der Waals surface area contributed by atoms with E-state index in [1.807, 2.05) is 6.08 Å². The van der Waals surface area contributed by atoms with E-state index in [0.29, 0.717) is 0 Å². The third-order valence-electron chi connectivity index (χ3n) is 4.38. The minimum absolute atomic E-state index is 0.0431. The highest BCUT2D eigenvalue weighted by atomic mass is 28.3. The van der Waals surface area contributed by atoms with Crippen LogP contribution in [0.25, 0.3) is 0 Å². The van der Waals surface area contributed by atoms with Gasteiger partial charge in [0.1, 0.15) is 0 Å². The van der Waals surface area contributed by atoms with Crippen molar-refractivity contribution in [1.82, 2.24) is 9.13 Å². The molecule has 0 unspecified atom stereocenters. The van der Waals surface area contributed by atoms with Crippen molar-refractivity contribution in [2.75, 3.05) is 0 Å². The first-order valence-electron chi connectivity index (χ1n) is 8.91. The van der Waals surface area contributed by atoms with Gasteiger partial charge in [-0.15, -0.1) is 0 Å². The fraction of sp³-hybridized carbons (Fsp3) is 0.842. The van der Waals surface area contributed by atoms with E-state index in [1.165, 1.54) is 0 Å². The third kappa shape index (κ3) is 5.49. The van der Waals surface area contributed by atoms with Crippen LogP contribution in [0.1, 0.15) is 82.1 Å². The fourth-order valence-corrected chi connectivity index (χ4v) is 6.92. The Bertz CT molecular complexity index is 482. The van der Waals surface area contributed by atoms with Crippen LogP contribution in [0.4, 0.5) is 0 Å². The lowest BCUT2D eigenvalue weighted by molar-refractivity contribution is 0.165. The fourth-order valence-electron chi connectivity index (χ4n) is 4.41. The van der Waals surface area contributed by atoms with Crippen molar-refractivity contribution in [1.29, 1.82) is 0 Å². The second-order valence-electron chi connectivity index (χ2n) is 10.8. The SMILES string of the molecule is CC(C)(C)CC(C)(C)N1C=CN(C(C)(C)CC(C)(C)C)[SiH]1N=C=O. The van der Waals surface area contributed by atoms with Crippen LogP contribution >= 0.6 is 0 Å². The first kappa shape index (κ1) is 21.0. The van der Waals surface area contributed by atoms with Gasteiger partial charge in [-0.2, -0.15) is 0 Å². The molecule has 24 heavy (non-hydrogen) atoms. The molecule has 0 saturated heterocycles. The van der Waals surface area contributed by atoms with E-state index in [9.17, 15) is 4.79 Å². The molecule has 5 heteroatoms. The molecule has 0 fully saturated rings. The Balaban J connectivity index is 3.13. The van der Waals surface area contributed by atoms with E-state index in [2.05, 4.69) is 95.4 Å². The number of nitrogens with zero attached hydrogens (tertiary/aromatic N) is 3. The summed E-state index contributed by atoms with van der Waals surface area (Å²) in [6.07, 6.45) is 8.22. The Morgan fingerprint density at radius 3 is 1.38 bits per heavy atom. The number of isocyanates is 1. The second kappa shape index (κ2) is 6.68. The van der Waals surface area contributed by atoms with Crippen molar-refractivity contribution in [3.05, 3.63) is 12.4 Å². The highest BCUT2D eigenvalue weighted by Gasteiger charge is 2.45. The smallest absolute Gasteiger partial charge is 0.365 e. The quantitative estimate of drug-likeness (QED) is 0.414. The lowest BCUT2D eigenvalue weighted by Crippen LogP contribution is -2.58. The summed E-state index contributed by atoms with van der Waals surface area (Å²) in [7, 11) is -1.98. The van der Waals surface area contributed by atoms with Crippen molar-refractivity contribution >= 4 is 15.4 Å². The van der Waals surface area contributed by atoms with Crippen molar-refractivity contribution in [3.63, 3.8) is 0 Å². The molecule has 0 aromatic rings. The van der Waals surface area contributed by atoms with Gasteiger partial charge >= 0.3 is 9.28 Å². The van der Waals surface area contributed by atoms with Crippen LogP contribution in [0.5, 0.6) is 0 Å². The molecule has 0 atom stereocenters. The minimum atomic E-state index is -1.98. The van der Waals surface area contributed by atoms with Gasteiger partial charge in [0, 0.05) is 23.5 Å². The monoisotopic (exact) mass is 351 g/mol. The number of carbonyl (C=O) groups excluding carboxylic acids is 1. The van der Waals surface area contributed by atoms with E-state index >= 15 is 0 Å². The molecule has 1 aliphatic heterocycles. The largest absolute Gasteiger partial charge is 0.394 e. The zero-order chi connectivity index (χ0) is 19.0. The van der Waals surface area contributed by atoms with Crippen LogP contribution in [-0.2, 0) is 4.79 Å². The molecule has 0 aromatic heterocycles. The number of hydrogen-bond acceptors (Lipinski definition) is 4. The van der Waals surface area contributed by atoms with Gasteiger partial charge < -0.3 is 9.13 Å². The van der Waals surface area contributed by atoms with Crippen LogP contribution in [0, 0.1) is 10.8 Å². The minimum Gasteiger partial charge on any atom is -0.365 e. The molecular formula is C19H37N3OSi. The maximum Gasteiger partial charge on any atom is 0.394 e. The highest BCUT2D eigenvalue weighted by molar-refractivity contribution is 6.53. The van der Waals surface area contributed by atoms with Gasteiger partial charge in [-0.3, -0.25) is 0 Å². The normalized spacial score (nSPS) is 17.4. The molecule has 0 amide bonds. The first-order chi connectivity index (χ1) is 10.6. The van der Waals surface area contributed by atoms with Crippen LogP contribution in [0.15, 0.2) is 17.1 Å². The lowest BCUT2D eigenvalue weighted by Gasteiger charge is -2.47. The summed E-state index contributed by atoms with van der Waals surface area (Å²) in [5.41, 5.74) is 0.349. The van der Waals surface area contributed by atoms with Gasteiger partial charge in [-0.25, -0.2) is 9.45 Å². The Labute approximate surface area is 150 Å². The van der Waals surface area contributed by atoms with Crippen LogP contribution in [0.2, 0.25) is 0 Å². The molecule has 0 aliphatic carbocycles. The standard InChI is InChI=1S/C19H37N3OSi/c1-16(2,3)13-18(7,8)21-11-12-22(24(21)20-15-23)19(9,10)14-17(4,5)6/h11-12,24H,13-14H2,1-10H3. The molecule has 0 aromatic carbocycles. The van der Waals surface area contributed by atoms with E-state index in [1.54, 1.807) is 0 Å². The van der Waals surface area contributed by atoms with Gasteiger partial charge in [0.05, 0.1) is 0 Å². The molecule has 1 aliphatic rings. The zero-order valence-electron chi connectivity index (χ0n) is 17.4. The maximum atomic E-state index is 11.1. The molecule has 4 nitrogen and oxygen atoms in total. The summed E-state index contributed by atoms with van der Waals surface area (Å²) in [4.78, 5) is 11.1. The Kier molecular flexibility index (Phi) is 5.84. The van der Waals surface area contributed by atoms with E-state index in [0.717, 1.165) is 12.8 Å². The molecule has 0 N–H and O–H groups in total. The average Bonchev–Trinajstić information content (AvgIpc) is 2.67. The first-order valence-corrected chi connectivity index (χ1v) is 10.5. The van der Waals surface area contributed by atoms with Gasteiger partial charge in [0.25, 0.3) is 0 Å². The molecular weight excluding hydrogens is 314 g/mol. The summed E-state index contributed by atoms with van der Waals surface area (Å²) >= 11 is 0. The zero-order valence-corrected chi connectivity index (χ0v) is 18.6. The number of hydrogen-bond donors (Lipinski definition) is 0. The molecule has 0 bridgehead atoms. The molecule has 1 heterocycles. The third-order valence-corrected chi connectivity index (χ3v) is 7.45. The van der Waals surface area contributed by atoms with Crippen molar-refractivity contribution in [2.24, 2.45) is 15.5 Å². The predicted octanol–water partition coefficient (Wildman–Crippen LogP) is 4.56. The molecule has 138 valence electrons. The van der Waals surface area contributed by atoms with Gasteiger partial charge in [-0.1, -0.05) is 41.5 Å². The van der Waals surface area contributed by atoms with E-state index in [4.69, 9.17) is 0 Å². The second-order valence-corrected chi connectivity index (χ2v) is 12.8. The summed E-state index contributed by atoms with van der Waals surface area (Å²) in [5, 5.41) is 0.